The van der Waals surface area contributed by atoms with Gasteiger partial charge < -0.3 is 4.74 Å². The SMILES string of the molecule is O=C(CCCOc1cccc([N+](=O)[O-])c1Br)c1cccs1. The molecule has 0 fully saturated rings. The van der Waals surface area contributed by atoms with E-state index in [1.165, 1.54) is 17.4 Å². The zero-order valence-corrected chi connectivity index (χ0v) is 13.4. The Balaban J connectivity index is 1.85. The van der Waals surface area contributed by atoms with Gasteiger partial charge in [-0.15, -0.1) is 11.3 Å². The lowest BCUT2D eigenvalue weighted by atomic mass is 10.2. The zero-order chi connectivity index (χ0) is 15.2. The van der Waals surface area contributed by atoms with E-state index >= 15 is 0 Å². The van der Waals surface area contributed by atoms with E-state index in [9.17, 15) is 14.9 Å². The van der Waals surface area contributed by atoms with Crippen molar-refractivity contribution in [3.05, 3.63) is 55.2 Å². The summed E-state index contributed by atoms with van der Waals surface area (Å²) in [7, 11) is 0. The van der Waals surface area contributed by atoms with Gasteiger partial charge in [0.05, 0.1) is 16.4 Å². The highest BCUT2D eigenvalue weighted by Gasteiger charge is 2.15. The number of benzene rings is 1. The average molecular weight is 370 g/mol. The minimum absolute atomic E-state index is 0.0397. The third-order valence-corrected chi connectivity index (χ3v) is 4.45. The third-order valence-electron chi connectivity index (χ3n) is 2.74. The van der Waals surface area contributed by atoms with Crippen LogP contribution in [-0.2, 0) is 0 Å². The molecule has 0 unspecified atom stereocenters. The molecule has 0 saturated carbocycles. The highest BCUT2D eigenvalue weighted by Crippen LogP contribution is 2.33. The van der Waals surface area contributed by atoms with E-state index in [0.717, 1.165) is 4.88 Å². The third kappa shape index (κ3) is 4.12. The predicted octanol–water partition coefficient (Wildman–Crippen LogP) is 4.46. The van der Waals surface area contributed by atoms with E-state index in [4.69, 9.17) is 4.74 Å². The molecule has 0 atom stereocenters. The fourth-order valence-corrected chi connectivity index (χ4v) is 2.94. The van der Waals surface area contributed by atoms with Crippen LogP contribution in [0.1, 0.15) is 22.5 Å². The molecular formula is C14H12BrNO4S. The summed E-state index contributed by atoms with van der Waals surface area (Å²) in [6, 6.07) is 8.25. The summed E-state index contributed by atoms with van der Waals surface area (Å²) < 4.78 is 5.81. The Morgan fingerprint density at radius 1 is 1.33 bits per heavy atom. The van der Waals surface area contributed by atoms with E-state index in [1.54, 1.807) is 18.2 Å². The van der Waals surface area contributed by atoms with Gasteiger partial charge in [-0.05, 0) is 39.9 Å². The molecule has 0 aliphatic heterocycles. The van der Waals surface area contributed by atoms with E-state index < -0.39 is 4.92 Å². The molecule has 1 heterocycles. The molecule has 0 saturated heterocycles. The van der Waals surface area contributed by atoms with Crippen molar-refractivity contribution in [2.45, 2.75) is 12.8 Å². The second-order valence-corrected chi connectivity index (χ2v) is 5.94. The number of ether oxygens (including phenoxy) is 1. The molecule has 2 rings (SSSR count). The summed E-state index contributed by atoms with van der Waals surface area (Å²) in [5.74, 6) is 0.500. The van der Waals surface area contributed by atoms with E-state index in [1.807, 2.05) is 11.4 Å². The van der Waals surface area contributed by atoms with Crippen LogP contribution in [0.5, 0.6) is 5.75 Å². The number of Topliss-reactive ketones (excluding diaryl/α,β-unsaturated/α-hetero) is 1. The standard InChI is InChI=1S/C14H12BrNO4S/c15-14-10(16(18)19)4-1-6-12(14)20-8-2-5-11(17)13-7-3-9-21-13/h1,3-4,6-7,9H,2,5,8H2. The minimum Gasteiger partial charge on any atom is -0.492 e. The van der Waals surface area contributed by atoms with Crippen LogP contribution in [0, 0.1) is 10.1 Å². The van der Waals surface area contributed by atoms with Crippen molar-refractivity contribution in [2.24, 2.45) is 0 Å². The van der Waals surface area contributed by atoms with E-state index in [2.05, 4.69) is 15.9 Å². The van der Waals surface area contributed by atoms with Gasteiger partial charge in [-0.2, -0.15) is 0 Å². The molecule has 21 heavy (non-hydrogen) atoms. The Morgan fingerprint density at radius 2 is 2.14 bits per heavy atom. The summed E-state index contributed by atoms with van der Waals surface area (Å²) in [6.07, 6.45) is 0.957. The number of thiophene rings is 1. The van der Waals surface area contributed by atoms with Gasteiger partial charge in [0.2, 0.25) is 0 Å². The van der Waals surface area contributed by atoms with Gasteiger partial charge in [-0.1, -0.05) is 12.1 Å². The predicted molar refractivity (Wildman–Crippen MR) is 84.2 cm³/mol. The first-order valence-electron chi connectivity index (χ1n) is 6.22. The van der Waals surface area contributed by atoms with Crippen LogP contribution in [0.15, 0.2) is 40.2 Å². The molecule has 2 aromatic rings. The Morgan fingerprint density at radius 3 is 2.81 bits per heavy atom. The fourth-order valence-electron chi connectivity index (χ4n) is 1.73. The van der Waals surface area contributed by atoms with Gasteiger partial charge in [0.25, 0.3) is 5.69 Å². The Hall–Kier alpha value is -1.73. The number of carbonyl (C=O) groups excluding carboxylic acids is 1. The second kappa shape index (κ2) is 7.33. The van der Waals surface area contributed by atoms with Crippen molar-refractivity contribution in [1.29, 1.82) is 0 Å². The number of nitro benzene ring substituents is 1. The molecule has 5 nitrogen and oxygen atoms in total. The molecule has 0 N–H and O–H groups in total. The molecular weight excluding hydrogens is 358 g/mol. The molecule has 0 amide bonds. The molecule has 1 aromatic heterocycles. The molecule has 0 bridgehead atoms. The second-order valence-electron chi connectivity index (χ2n) is 4.20. The van der Waals surface area contributed by atoms with Gasteiger partial charge in [0, 0.05) is 12.5 Å². The normalized spacial score (nSPS) is 10.3. The molecule has 0 radical (unpaired) electrons. The summed E-state index contributed by atoms with van der Waals surface area (Å²) in [5.41, 5.74) is -0.0397. The van der Waals surface area contributed by atoms with E-state index in [0.29, 0.717) is 29.7 Å². The number of halogens is 1. The van der Waals surface area contributed by atoms with Crippen molar-refractivity contribution in [3.8, 4) is 5.75 Å². The minimum atomic E-state index is -0.475. The topological polar surface area (TPSA) is 69.4 Å². The number of nitrogens with zero attached hydrogens (tertiary/aromatic N) is 1. The smallest absolute Gasteiger partial charge is 0.287 e. The maximum atomic E-state index is 11.8. The quantitative estimate of drug-likeness (QED) is 0.312. The largest absolute Gasteiger partial charge is 0.492 e. The van der Waals surface area contributed by atoms with Gasteiger partial charge in [0.1, 0.15) is 10.2 Å². The Labute approximate surface area is 133 Å². The number of rotatable bonds is 7. The number of ketones is 1. The molecule has 1 aromatic carbocycles. The summed E-state index contributed by atoms with van der Waals surface area (Å²) in [5, 5.41) is 12.7. The van der Waals surface area contributed by atoms with Gasteiger partial charge >= 0.3 is 0 Å². The molecule has 0 aliphatic carbocycles. The summed E-state index contributed by atoms with van der Waals surface area (Å²) in [4.78, 5) is 22.9. The van der Waals surface area contributed by atoms with Crippen LogP contribution in [0.2, 0.25) is 0 Å². The fraction of sp³-hybridized carbons (Fsp3) is 0.214. The van der Waals surface area contributed by atoms with E-state index in [-0.39, 0.29) is 11.5 Å². The highest BCUT2D eigenvalue weighted by atomic mass is 79.9. The molecule has 0 spiro atoms. The van der Waals surface area contributed by atoms with Crippen molar-refractivity contribution < 1.29 is 14.5 Å². The Kier molecular flexibility index (Phi) is 5.46. The van der Waals surface area contributed by atoms with Crippen LogP contribution < -0.4 is 4.74 Å². The first-order valence-corrected chi connectivity index (χ1v) is 7.89. The summed E-state index contributed by atoms with van der Waals surface area (Å²) >= 11 is 4.58. The number of nitro groups is 1. The lowest BCUT2D eigenvalue weighted by molar-refractivity contribution is -0.385. The zero-order valence-electron chi connectivity index (χ0n) is 11.0. The van der Waals surface area contributed by atoms with Crippen LogP contribution in [-0.4, -0.2) is 17.3 Å². The van der Waals surface area contributed by atoms with Gasteiger partial charge in [0.15, 0.2) is 5.78 Å². The van der Waals surface area contributed by atoms with Crippen molar-refractivity contribution in [1.82, 2.24) is 0 Å². The maximum Gasteiger partial charge on any atom is 0.287 e. The van der Waals surface area contributed by atoms with Crippen LogP contribution >= 0.6 is 27.3 Å². The monoisotopic (exact) mass is 369 g/mol. The molecule has 0 aliphatic rings. The number of hydrogen-bond acceptors (Lipinski definition) is 5. The number of carbonyl (C=O) groups is 1. The lowest BCUT2D eigenvalue weighted by Gasteiger charge is -2.07. The average Bonchev–Trinajstić information content (AvgIpc) is 2.98. The Bertz CT molecular complexity index is 642. The number of hydrogen-bond donors (Lipinski definition) is 0. The van der Waals surface area contributed by atoms with Crippen molar-refractivity contribution in [2.75, 3.05) is 6.61 Å². The lowest BCUT2D eigenvalue weighted by Crippen LogP contribution is -2.03. The van der Waals surface area contributed by atoms with Gasteiger partial charge in [-0.3, -0.25) is 14.9 Å². The van der Waals surface area contributed by atoms with Gasteiger partial charge in [-0.25, -0.2) is 0 Å². The van der Waals surface area contributed by atoms with Crippen LogP contribution in [0.3, 0.4) is 0 Å². The molecule has 110 valence electrons. The molecule has 7 heteroatoms. The summed E-state index contributed by atoms with van der Waals surface area (Å²) in [6.45, 7) is 0.330. The highest BCUT2D eigenvalue weighted by molar-refractivity contribution is 9.10. The van der Waals surface area contributed by atoms with Crippen LogP contribution in [0.25, 0.3) is 0 Å². The maximum absolute atomic E-state index is 11.8. The van der Waals surface area contributed by atoms with Crippen LogP contribution in [0.4, 0.5) is 5.69 Å². The van der Waals surface area contributed by atoms with Crippen molar-refractivity contribution >= 4 is 38.7 Å². The first-order chi connectivity index (χ1) is 10.1. The van der Waals surface area contributed by atoms with Crippen molar-refractivity contribution in [3.63, 3.8) is 0 Å². The first kappa shape index (κ1) is 15.7.